The maximum Gasteiger partial charge on any atom is 0.181 e. The molecule has 0 bridgehead atoms. The number of rotatable bonds is 2. The van der Waals surface area contributed by atoms with E-state index in [0.29, 0.717) is 5.69 Å². The number of hydrogen-bond donors (Lipinski definition) is 0. The molecule has 2 rings (SSSR count). The molecule has 0 aliphatic heterocycles. The van der Waals surface area contributed by atoms with Gasteiger partial charge in [-0.25, -0.2) is 0 Å². The van der Waals surface area contributed by atoms with Gasteiger partial charge in [-0.15, -0.1) is 4.91 Å². The third-order valence-electron chi connectivity index (χ3n) is 2.05. The zero-order valence-corrected chi connectivity index (χ0v) is 7.83. The summed E-state index contributed by atoms with van der Waals surface area (Å²) in [5.74, 6) is 0. The molecule has 0 N–H and O–H groups in total. The second-order valence-corrected chi connectivity index (χ2v) is 3.05. The molecule has 0 aliphatic rings. The van der Waals surface area contributed by atoms with E-state index < -0.39 is 0 Å². The van der Waals surface area contributed by atoms with Crippen LogP contribution in [0.15, 0.2) is 58.8 Å². The Morgan fingerprint density at radius 3 is 2.07 bits per heavy atom. The normalized spacial score (nSPS) is 9.87. The summed E-state index contributed by atoms with van der Waals surface area (Å²) in [4.78, 5) is 21.1. The highest BCUT2D eigenvalue weighted by Crippen LogP contribution is 2.14. The summed E-state index contributed by atoms with van der Waals surface area (Å²) in [6.07, 6.45) is 3.34. The lowest BCUT2D eigenvalue weighted by Crippen LogP contribution is -2.01. The van der Waals surface area contributed by atoms with Crippen molar-refractivity contribution in [2.45, 2.75) is 0 Å². The van der Waals surface area contributed by atoms with Gasteiger partial charge in [-0.3, -0.25) is 4.79 Å². The fourth-order valence-electron chi connectivity index (χ4n) is 1.27. The first-order valence-electron chi connectivity index (χ1n) is 4.42. The highest BCUT2D eigenvalue weighted by molar-refractivity contribution is 5.44. The van der Waals surface area contributed by atoms with Crippen LogP contribution in [0, 0.1) is 4.91 Å². The average Bonchev–Trinajstić information content (AvgIpc) is 2.30. The van der Waals surface area contributed by atoms with E-state index in [1.807, 2.05) is 0 Å². The van der Waals surface area contributed by atoms with Crippen molar-refractivity contribution in [2.75, 3.05) is 0 Å². The van der Waals surface area contributed by atoms with E-state index in [9.17, 15) is 9.70 Å². The van der Waals surface area contributed by atoms with Gasteiger partial charge >= 0.3 is 0 Å². The lowest BCUT2D eigenvalue weighted by molar-refractivity contribution is 1.04. The van der Waals surface area contributed by atoms with E-state index >= 15 is 0 Å². The largest absolute Gasteiger partial charge is 0.324 e. The number of nitroso groups, excluding NO2 is 1. The predicted molar refractivity (Wildman–Crippen MR) is 57.5 cm³/mol. The molecule has 1 aromatic heterocycles. The molecule has 0 radical (unpaired) electrons. The van der Waals surface area contributed by atoms with Crippen molar-refractivity contribution in [3.63, 3.8) is 0 Å². The van der Waals surface area contributed by atoms with Gasteiger partial charge in [0.2, 0.25) is 0 Å². The Bertz CT molecular complexity index is 509. The average molecular weight is 200 g/mol. The summed E-state index contributed by atoms with van der Waals surface area (Å²) < 4.78 is 1.79. The van der Waals surface area contributed by atoms with Crippen molar-refractivity contribution >= 4 is 5.69 Å². The third kappa shape index (κ3) is 1.99. The van der Waals surface area contributed by atoms with Crippen molar-refractivity contribution in [1.29, 1.82) is 0 Å². The minimum atomic E-state index is -0.0302. The number of benzene rings is 1. The maximum atomic E-state index is 10.9. The number of nitrogens with zero attached hydrogens (tertiary/aromatic N) is 2. The smallest absolute Gasteiger partial charge is 0.181 e. The van der Waals surface area contributed by atoms with Crippen molar-refractivity contribution in [2.24, 2.45) is 5.18 Å². The molecule has 0 saturated carbocycles. The fourth-order valence-corrected chi connectivity index (χ4v) is 1.27. The van der Waals surface area contributed by atoms with Crippen LogP contribution < -0.4 is 5.43 Å². The van der Waals surface area contributed by atoms with Crippen LogP contribution in [0.4, 0.5) is 5.69 Å². The maximum absolute atomic E-state index is 10.9. The zero-order chi connectivity index (χ0) is 10.7. The molecule has 1 aromatic carbocycles. The second kappa shape index (κ2) is 3.88. The van der Waals surface area contributed by atoms with Gasteiger partial charge in [0, 0.05) is 30.2 Å². The van der Waals surface area contributed by atoms with E-state index in [1.54, 1.807) is 41.2 Å². The summed E-state index contributed by atoms with van der Waals surface area (Å²) in [5, 5.41) is 2.81. The first-order chi connectivity index (χ1) is 7.29. The molecule has 74 valence electrons. The minimum absolute atomic E-state index is 0.0302. The lowest BCUT2D eigenvalue weighted by Gasteiger charge is -2.04. The van der Waals surface area contributed by atoms with Crippen molar-refractivity contribution in [3.05, 3.63) is 63.9 Å². The van der Waals surface area contributed by atoms with Crippen LogP contribution in [0.5, 0.6) is 0 Å². The third-order valence-corrected chi connectivity index (χ3v) is 2.05. The molecular formula is C11H8N2O2. The summed E-state index contributed by atoms with van der Waals surface area (Å²) in [5.41, 5.74) is 1.24. The van der Waals surface area contributed by atoms with Gasteiger partial charge in [0.15, 0.2) is 5.43 Å². The van der Waals surface area contributed by atoms with Crippen LogP contribution in [0.3, 0.4) is 0 Å². The molecule has 0 aliphatic carbocycles. The Morgan fingerprint density at radius 2 is 1.53 bits per heavy atom. The van der Waals surface area contributed by atoms with E-state index in [0.717, 1.165) is 5.69 Å². The van der Waals surface area contributed by atoms with Gasteiger partial charge in [0.05, 0.1) is 0 Å². The number of hydrogen-bond acceptors (Lipinski definition) is 3. The Hall–Kier alpha value is -2.23. The molecule has 1 heterocycles. The van der Waals surface area contributed by atoms with Gasteiger partial charge in [0.1, 0.15) is 5.69 Å². The van der Waals surface area contributed by atoms with Crippen LogP contribution in [0.1, 0.15) is 0 Å². The lowest BCUT2D eigenvalue weighted by atomic mass is 10.3. The fraction of sp³-hybridized carbons (Fsp3) is 0. The topological polar surface area (TPSA) is 51.4 Å². The summed E-state index contributed by atoms with van der Waals surface area (Å²) >= 11 is 0. The Labute approximate surface area is 85.8 Å². The Kier molecular flexibility index (Phi) is 2.41. The van der Waals surface area contributed by atoms with Crippen LogP contribution in [-0.2, 0) is 0 Å². The standard InChI is InChI=1S/C11H8N2O2/c14-11-5-7-13(8-6-11)10-3-1-9(12-15)2-4-10/h1-8H. The molecule has 4 heteroatoms. The van der Waals surface area contributed by atoms with Gasteiger partial charge in [-0.05, 0) is 29.4 Å². The molecular weight excluding hydrogens is 192 g/mol. The predicted octanol–water partition coefficient (Wildman–Crippen LogP) is 2.24. The second-order valence-electron chi connectivity index (χ2n) is 3.05. The van der Waals surface area contributed by atoms with Gasteiger partial charge in [-0.2, -0.15) is 0 Å². The molecule has 4 nitrogen and oxygen atoms in total. The molecule has 0 unspecified atom stereocenters. The summed E-state index contributed by atoms with van der Waals surface area (Å²) in [6, 6.07) is 9.74. The quantitative estimate of drug-likeness (QED) is 0.698. The molecule has 0 saturated heterocycles. The van der Waals surface area contributed by atoms with Crippen LogP contribution in [-0.4, -0.2) is 4.57 Å². The Morgan fingerprint density at radius 1 is 0.933 bits per heavy atom. The van der Waals surface area contributed by atoms with Crippen molar-refractivity contribution in [1.82, 2.24) is 4.57 Å². The first kappa shape index (κ1) is 9.33. The van der Waals surface area contributed by atoms with E-state index in [1.165, 1.54) is 12.1 Å². The highest BCUT2D eigenvalue weighted by Gasteiger charge is 1.95. The molecule has 0 amide bonds. The molecule has 0 atom stereocenters. The van der Waals surface area contributed by atoms with Crippen LogP contribution in [0.25, 0.3) is 5.69 Å². The number of aromatic nitrogens is 1. The summed E-state index contributed by atoms with van der Waals surface area (Å²) in [7, 11) is 0. The van der Waals surface area contributed by atoms with E-state index in [2.05, 4.69) is 5.18 Å². The Balaban J connectivity index is 2.41. The number of pyridine rings is 1. The molecule has 0 fully saturated rings. The van der Waals surface area contributed by atoms with E-state index in [-0.39, 0.29) is 5.43 Å². The van der Waals surface area contributed by atoms with Gasteiger partial charge < -0.3 is 4.57 Å². The molecule has 15 heavy (non-hydrogen) atoms. The molecule has 0 spiro atoms. The van der Waals surface area contributed by atoms with Crippen molar-refractivity contribution in [3.8, 4) is 5.69 Å². The monoisotopic (exact) mass is 200 g/mol. The van der Waals surface area contributed by atoms with Crippen molar-refractivity contribution < 1.29 is 0 Å². The highest BCUT2D eigenvalue weighted by atomic mass is 16.3. The molecule has 2 aromatic rings. The SMILES string of the molecule is O=Nc1ccc(-n2ccc(=O)cc2)cc1. The van der Waals surface area contributed by atoms with E-state index in [4.69, 9.17) is 0 Å². The first-order valence-corrected chi connectivity index (χ1v) is 4.42. The van der Waals surface area contributed by atoms with Crippen LogP contribution in [0.2, 0.25) is 0 Å². The minimum Gasteiger partial charge on any atom is -0.324 e. The van der Waals surface area contributed by atoms with Gasteiger partial charge in [-0.1, -0.05) is 0 Å². The van der Waals surface area contributed by atoms with Gasteiger partial charge in [0.25, 0.3) is 0 Å². The summed E-state index contributed by atoms with van der Waals surface area (Å²) in [6.45, 7) is 0. The zero-order valence-electron chi connectivity index (χ0n) is 7.83. The van der Waals surface area contributed by atoms with Crippen LogP contribution >= 0.6 is 0 Å².